The van der Waals surface area contributed by atoms with Crippen molar-refractivity contribution in [3.63, 3.8) is 0 Å². The van der Waals surface area contributed by atoms with Gasteiger partial charge in [-0.2, -0.15) is 0 Å². The van der Waals surface area contributed by atoms with E-state index < -0.39 is 16.6 Å². The van der Waals surface area contributed by atoms with Crippen molar-refractivity contribution in [3.05, 3.63) is 62.4 Å². The molecule has 0 fully saturated rings. The number of carbonyl (C=O) groups excluding carboxylic acids is 1. The molecular weight excluding hydrogens is 345 g/mol. The van der Waals surface area contributed by atoms with E-state index in [1.165, 1.54) is 12.1 Å². The van der Waals surface area contributed by atoms with Gasteiger partial charge in [0.1, 0.15) is 5.82 Å². The molecular formula is C13H9BrFN3O3. The van der Waals surface area contributed by atoms with Crippen molar-refractivity contribution >= 4 is 38.9 Å². The summed E-state index contributed by atoms with van der Waals surface area (Å²) < 4.78 is 14.3. The molecule has 0 aromatic heterocycles. The maximum Gasteiger partial charge on any atom is 0.271 e. The molecule has 2 rings (SSSR count). The number of nitrogens with one attached hydrogen (secondary N) is 1. The Morgan fingerprint density at radius 1 is 1.29 bits per heavy atom. The quantitative estimate of drug-likeness (QED) is 0.502. The van der Waals surface area contributed by atoms with E-state index in [4.69, 9.17) is 5.73 Å². The van der Waals surface area contributed by atoms with Gasteiger partial charge < -0.3 is 11.1 Å². The second-order valence-corrected chi connectivity index (χ2v) is 5.02. The van der Waals surface area contributed by atoms with Crippen molar-refractivity contribution in [2.75, 3.05) is 11.1 Å². The third kappa shape index (κ3) is 3.34. The highest BCUT2D eigenvalue weighted by Gasteiger charge is 2.15. The lowest BCUT2D eigenvalue weighted by molar-refractivity contribution is -0.384. The monoisotopic (exact) mass is 353 g/mol. The predicted octanol–water partition coefficient (Wildman–Crippen LogP) is 3.33. The van der Waals surface area contributed by atoms with E-state index in [0.717, 1.165) is 18.2 Å². The number of nitrogens with zero attached hydrogens (tertiary/aromatic N) is 1. The number of anilines is 2. The molecule has 0 bridgehead atoms. The molecule has 8 heteroatoms. The first kappa shape index (κ1) is 14.9. The van der Waals surface area contributed by atoms with Gasteiger partial charge in [-0.15, -0.1) is 0 Å². The summed E-state index contributed by atoms with van der Waals surface area (Å²) in [6.45, 7) is 0. The van der Waals surface area contributed by atoms with E-state index >= 15 is 0 Å². The number of amides is 1. The molecule has 21 heavy (non-hydrogen) atoms. The van der Waals surface area contributed by atoms with Gasteiger partial charge >= 0.3 is 0 Å². The summed E-state index contributed by atoms with van der Waals surface area (Å²) in [5, 5.41) is 12.9. The number of non-ortho nitro benzene ring substituents is 1. The topological polar surface area (TPSA) is 98.3 Å². The predicted molar refractivity (Wildman–Crippen MR) is 79.6 cm³/mol. The molecule has 0 aliphatic rings. The third-order valence-electron chi connectivity index (χ3n) is 2.67. The first-order valence-corrected chi connectivity index (χ1v) is 6.48. The molecule has 0 saturated heterocycles. The van der Waals surface area contributed by atoms with E-state index in [0.29, 0.717) is 4.47 Å². The van der Waals surface area contributed by atoms with Gasteiger partial charge in [-0.3, -0.25) is 14.9 Å². The highest BCUT2D eigenvalue weighted by atomic mass is 79.9. The first-order valence-electron chi connectivity index (χ1n) is 5.69. The van der Waals surface area contributed by atoms with Crippen molar-refractivity contribution in [1.29, 1.82) is 0 Å². The van der Waals surface area contributed by atoms with Crippen LogP contribution in [0.2, 0.25) is 0 Å². The Morgan fingerprint density at radius 2 is 2.00 bits per heavy atom. The standard InChI is InChI=1S/C13H9BrFN3O3/c14-7-1-3-9(11(16)5-7)13(19)17-12-6-8(18(20)21)2-4-10(12)15/h1-6H,16H2,(H,17,19). The van der Waals surface area contributed by atoms with Gasteiger partial charge in [-0.05, 0) is 24.3 Å². The van der Waals surface area contributed by atoms with Gasteiger partial charge in [0.2, 0.25) is 0 Å². The molecule has 0 spiro atoms. The van der Waals surface area contributed by atoms with E-state index in [9.17, 15) is 19.3 Å². The molecule has 0 aliphatic heterocycles. The number of hydrogen-bond acceptors (Lipinski definition) is 4. The minimum atomic E-state index is -0.773. The molecule has 0 radical (unpaired) electrons. The molecule has 0 atom stereocenters. The number of nitrogen functional groups attached to an aromatic ring is 1. The summed E-state index contributed by atoms with van der Waals surface area (Å²) in [6, 6.07) is 7.47. The minimum absolute atomic E-state index is 0.143. The fraction of sp³-hybridized carbons (Fsp3) is 0. The van der Waals surface area contributed by atoms with Crippen LogP contribution in [0.4, 0.5) is 21.5 Å². The summed E-state index contributed by atoms with van der Waals surface area (Å²) in [4.78, 5) is 22.0. The van der Waals surface area contributed by atoms with Crippen LogP contribution in [0.1, 0.15) is 10.4 Å². The molecule has 1 amide bonds. The van der Waals surface area contributed by atoms with Crippen molar-refractivity contribution in [3.8, 4) is 0 Å². The molecule has 0 heterocycles. The third-order valence-corrected chi connectivity index (χ3v) is 3.16. The van der Waals surface area contributed by atoms with Crippen LogP contribution in [0.5, 0.6) is 0 Å². The number of halogens is 2. The van der Waals surface area contributed by atoms with Gasteiger partial charge in [-0.25, -0.2) is 4.39 Å². The summed E-state index contributed by atoms with van der Waals surface area (Å²) in [5.41, 5.74) is 5.44. The van der Waals surface area contributed by atoms with Gasteiger partial charge in [-0.1, -0.05) is 15.9 Å². The lowest BCUT2D eigenvalue weighted by Gasteiger charge is -2.08. The smallest absolute Gasteiger partial charge is 0.271 e. The zero-order chi connectivity index (χ0) is 15.6. The lowest BCUT2D eigenvalue weighted by Crippen LogP contribution is -2.15. The van der Waals surface area contributed by atoms with Crippen LogP contribution in [0.3, 0.4) is 0 Å². The Hall–Kier alpha value is -2.48. The molecule has 6 nitrogen and oxygen atoms in total. The van der Waals surface area contributed by atoms with Crippen molar-refractivity contribution in [1.82, 2.24) is 0 Å². The first-order chi connectivity index (χ1) is 9.88. The van der Waals surface area contributed by atoms with Gasteiger partial charge in [0.05, 0.1) is 16.2 Å². The average molecular weight is 354 g/mol. The van der Waals surface area contributed by atoms with Crippen molar-refractivity contribution in [2.24, 2.45) is 0 Å². The Labute approximate surface area is 127 Å². The summed E-state index contributed by atoms with van der Waals surface area (Å²) >= 11 is 3.20. The molecule has 0 aliphatic carbocycles. The normalized spacial score (nSPS) is 10.2. The van der Waals surface area contributed by atoms with Crippen LogP contribution >= 0.6 is 15.9 Å². The lowest BCUT2D eigenvalue weighted by atomic mass is 10.1. The fourth-order valence-electron chi connectivity index (χ4n) is 1.65. The summed E-state index contributed by atoms with van der Waals surface area (Å²) in [5.74, 6) is -1.43. The zero-order valence-electron chi connectivity index (χ0n) is 10.5. The van der Waals surface area contributed by atoms with Crippen LogP contribution < -0.4 is 11.1 Å². The van der Waals surface area contributed by atoms with Crippen LogP contribution in [0, 0.1) is 15.9 Å². The number of nitro benzene ring substituents is 1. The number of benzene rings is 2. The maximum absolute atomic E-state index is 13.6. The second-order valence-electron chi connectivity index (χ2n) is 4.11. The fourth-order valence-corrected chi connectivity index (χ4v) is 2.03. The number of nitro groups is 1. The molecule has 108 valence electrons. The highest BCUT2D eigenvalue weighted by Crippen LogP contribution is 2.24. The molecule has 0 saturated carbocycles. The Balaban J connectivity index is 2.31. The van der Waals surface area contributed by atoms with E-state index in [1.807, 2.05) is 0 Å². The minimum Gasteiger partial charge on any atom is -0.398 e. The Kier molecular flexibility index (Phi) is 4.18. The van der Waals surface area contributed by atoms with Crippen LogP contribution in [-0.4, -0.2) is 10.8 Å². The number of rotatable bonds is 3. The van der Waals surface area contributed by atoms with Crippen LogP contribution in [0.25, 0.3) is 0 Å². The zero-order valence-corrected chi connectivity index (χ0v) is 12.1. The van der Waals surface area contributed by atoms with E-state index in [-0.39, 0.29) is 22.6 Å². The summed E-state index contributed by atoms with van der Waals surface area (Å²) in [6.07, 6.45) is 0. The molecule has 2 aromatic rings. The van der Waals surface area contributed by atoms with Crippen molar-refractivity contribution < 1.29 is 14.1 Å². The maximum atomic E-state index is 13.6. The van der Waals surface area contributed by atoms with Crippen LogP contribution in [-0.2, 0) is 0 Å². The number of carbonyl (C=O) groups is 1. The van der Waals surface area contributed by atoms with Gasteiger partial charge in [0.15, 0.2) is 0 Å². The number of hydrogen-bond donors (Lipinski definition) is 2. The van der Waals surface area contributed by atoms with Crippen molar-refractivity contribution in [2.45, 2.75) is 0 Å². The van der Waals surface area contributed by atoms with Gasteiger partial charge in [0.25, 0.3) is 11.6 Å². The van der Waals surface area contributed by atoms with E-state index in [2.05, 4.69) is 21.2 Å². The SMILES string of the molecule is Nc1cc(Br)ccc1C(=O)Nc1cc([N+](=O)[O-])ccc1F. The number of nitrogens with two attached hydrogens (primary N) is 1. The molecule has 3 N–H and O–H groups in total. The van der Waals surface area contributed by atoms with Crippen LogP contribution in [0.15, 0.2) is 40.9 Å². The largest absolute Gasteiger partial charge is 0.398 e. The van der Waals surface area contributed by atoms with Gasteiger partial charge in [0, 0.05) is 22.3 Å². The second kappa shape index (κ2) is 5.88. The molecule has 0 unspecified atom stereocenters. The molecule has 2 aromatic carbocycles. The van der Waals surface area contributed by atoms with E-state index in [1.54, 1.807) is 6.07 Å². The highest BCUT2D eigenvalue weighted by molar-refractivity contribution is 9.10. The Morgan fingerprint density at radius 3 is 2.62 bits per heavy atom. The summed E-state index contributed by atoms with van der Waals surface area (Å²) in [7, 11) is 0. The average Bonchev–Trinajstić information content (AvgIpc) is 2.40. The Bertz CT molecular complexity index is 737.